The van der Waals surface area contributed by atoms with Gasteiger partial charge in [0.15, 0.2) is 0 Å². The van der Waals surface area contributed by atoms with E-state index in [1.165, 1.54) is 23.9 Å². The van der Waals surface area contributed by atoms with Gasteiger partial charge in [-0.3, -0.25) is 4.79 Å². The zero-order valence-electron chi connectivity index (χ0n) is 11.4. The first-order chi connectivity index (χ1) is 8.93. The summed E-state index contributed by atoms with van der Waals surface area (Å²) in [6, 6.07) is 4.32. The highest BCUT2D eigenvalue weighted by molar-refractivity contribution is 8.00. The maximum atomic E-state index is 13.1. The fourth-order valence-corrected chi connectivity index (χ4v) is 2.33. The summed E-state index contributed by atoms with van der Waals surface area (Å²) in [5.41, 5.74) is 1.34. The smallest absolute Gasteiger partial charge is 0.237 e. The van der Waals surface area contributed by atoms with Crippen LogP contribution in [-0.2, 0) is 4.79 Å². The van der Waals surface area contributed by atoms with Crippen LogP contribution in [0.15, 0.2) is 18.2 Å². The fraction of sp³-hybridized carbons (Fsp3) is 0.500. The van der Waals surface area contributed by atoms with E-state index >= 15 is 0 Å². The van der Waals surface area contributed by atoms with Gasteiger partial charge in [0, 0.05) is 12.3 Å². The number of anilines is 1. The van der Waals surface area contributed by atoms with Crippen molar-refractivity contribution in [2.24, 2.45) is 5.92 Å². The van der Waals surface area contributed by atoms with Crippen LogP contribution in [0, 0.1) is 18.7 Å². The highest BCUT2D eigenvalue weighted by Gasteiger charge is 2.15. The Morgan fingerprint density at radius 3 is 2.79 bits per heavy atom. The van der Waals surface area contributed by atoms with Crippen LogP contribution in [0.4, 0.5) is 10.1 Å². The number of nitrogens with one attached hydrogen (secondary N) is 1. The second kappa shape index (κ2) is 7.50. The third kappa shape index (κ3) is 5.20. The van der Waals surface area contributed by atoms with Gasteiger partial charge in [0.25, 0.3) is 0 Å². The van der Waals surface area contributed by atoms with Crippen LogP contribution in [0.5, 0.6) is 0 Å². The number of aliphatic hydroxyl groups excluding tert-OH is 1. The molecule has 106 valence electrons. The molecule has 0 heterocycles. The van der Waals surface area contributed by atoms with Crippen LogP contribution < -0.4 is 5.32 Å². The van der Waals surface area contributed by atoms with Crippen molar-refractivity contribution in [3.8, 4) is 0 Å². The molecule has 2 N–H and O–H groups in total. The summed E-state index contributed by atoms with van der Waals surface area (Å²) in [6.07, 6.45) is 0. The minimum atomic E-state index is -0.366. The van der Waals surface area contributed by atoms with E-state index < -0.39 is 0 Å². The van der Waals surface area contributed by atoms with Crippen molar-refractivity contribution in [1.82, 2.24) is 0 Å². The van der Waals surface area contributed by atoms with Gasteiger partial charge in [0.2, 0.25) is 5.91 Å². The minimum Gasteiger partial charge on any atom is -0.396 e. The topological polar surface area (TPSA) is 49.3 Å². The molecule has 1 aromatic carbocycles. The molecule has 1 rings (SSSR count). The molecule has 19 heavy (non-hydrogen) atoms. The zero-order chi connectivity index (χ0) is 14.4. The van der Waals surface area contributed by atoms with Gasteiger partial charge in [0.05, 0.1) is 5.25 Å². The van der Waals surface area contributed by atoms with E-state index in [-0.39, 0.29) is 29.5 Å². The molecule has 0 radical (unpaired) electrons. The number of amides is 1. The predicted octanol–water partition coefficient (Wildman–Crippen LogP) is 2.82. The average molecular weight is 285 g/mol. The van der Waals surface area contributed by atoms with Crippen LogP contribution in [-0.4, -0.2) is 28.6 Å². The van der Waals surface area contributed by atoms with E-state index in [4.69, 9.17) is 5.11 Å². The van der Waals surface area contributed by atoms with Gasteiger partial charge >= 0.3 is 0 Å². The lowest BCUT2D eigenvalue weighted by atomic mass is 10.2. The molecule has 0 saturated heterocycles. The first-order valence-electron chi connectivity index (χ1n) is 6.23. The molecule has 0 aliphatic rings. The number of halogens is 1. The summed E-state index contributed by atoms with van der Waals surface area (Å²) in [6.45, 7) is 5.66. The second-order valence-electron chi connectivity index (χ2n) is 4.71. The lowest BCUT2D eigenvalue weighted by molar-refractivity contribution is -0.115. The van der Waals surface area contributed by atoms with E-state index in [1.54, 1.807) is 13.0 Å². The van der Waals surface area contributed by atoms with Gasteiger partial charge in [-0.2, -0.15) is 0 Å². The summed E-state index contributed by atoms with van der Waals surface area (Å²) in [5, 5.41) is 11.4. The van der Waals surface area contributed by atoms with E-state index in [0.29, 0.717) is 11.4 Å². The second-order valence-corrected chi connectivity index (χ2v) is 6.09. The van der Waals surface area contributed by atoms with Crippen molar-refractivity contribution >= 4 is 23.4 Å². The van der Waals surface area contributed by atoms with Crippen molar-refractivity contribution in [1.29, 1.82) is 0 Å². The summed E-state index contributed by atoms with van der Waals surface area (Å²) >= 11 is 1.48. The molecule has 0 aliphatic heterocycles. The molecular formula is C14H20FNO2S. The summed E-state index contributed by atoms with van der Waals surface area (Å²) in [4.78, 5) is 12.0. The van der Waals surface area contributed by atoms with E-state index in [2.05, 4.69) is 5.32 Å². The summed E-state index contributed by atoms with van der Waals surface area (Å²) < 4.78 is 13.1. The van der Waals surface area contributed by atoms with Gasteiger partial charge < -0.3 is 10.4 Å². The largest absolute Gasteiger partial charge is 0.396 e. The molecule has 0 spiro atoms. The average Bonchev–Trinajstić information content (AvgIpc) is 2.39. The third-order valence-electron chi connectivity index (χ3n) is 2.77. The number of thioether (sulfide) groups is 1. The van der Waals surface area contributed by atoms with Gasteiger partial charge in [-0.25, -0.2) is 4.39 Å². The van der Waals surface area contributed by atoms with Crippen LogP contribution in [0.3, 0.4) is 0 Å². The molecule has 0 fully saturated rings. The van der Waals surface area contributed by atoms with E-state index in [0.717, 1.165) is 5.56 Å². The molecule has 0 unspecified atom stereocenters. The van der Waals surface area contributed by atoms with Crippen molar-refractivity contribution in [3.63, 3.8) is 0 Å². The maximum absolute atomic E-state index is 13.1. The first kappa shape index (κ1) is 16.0. The third-order valence-corrected chi connectivity index (χ3v) is 4.24. The number of benzene rings is 1. The molecule has 1 amide bonds. The SMILES string of the molecule is Cc1ccc(F)cc1NC(=O)[C@H](C)SC[C@@H](C)CO. The Bertz CT molecular complexity index is 439. The molecule has 0 aromatic heterocycles. The Labute approximate surface area is 117 Å². The fourth-order valence-electron chi connectivity index (χ4n) is 1.40. The van der Waals surface area contributed by atoms with Gasteiger partial charge in [-0.15, -0.1) is 11.8 Å². The van der Waals surface area contributed by atoms with E-state index in [1.807, 2.05) is 13.8 Å². The summed E-state index contributed by atoms with van der Waals surface area (Å²) in [5.74, 6) is 0.364. The van der Waals surface area contributed by atoms with E-state index in [9.17, 15) is 9.18 Å². The van der Waals surface area contributed by atoms with Gasteiger partial charge in [-0.05, 0) is 43.2 Å². The molecule has 2 atom stereocenters. The quantitative estimate of drug-likeness (QED) is 0.845. The number of aryl methyl sites for hydroxylation is 1. The number of hydrogen-bond acceptors (Lipinski definition) is 3. The highest BCUT2D eigenvalue weighted by Crippen LogP contribution is 2.20. The summed E-state index contributed by atoms with van der Waals surface area (Å²) in [7, 11) is 0. The molecule has 5 heteroatoms. The Morgan fingerprint density at radius 2 is 2.16 bits per heavy atom. The molecule has 0 saturated carbocycles. The number of carbonyl (C=O) groups is 1. The van der Waals surface area contributed by atoms with Crippen molar-refractivity contribution < 1.29 is 14.3 Å². The highest BCUT2D eigenvalue weighted by atomic mass is 32.2. The first-order valence-corrected chi connectivity index (χ1v) is 7.28. The molecular weight excluding hydrogens is 265 g/mol. The lowest BCUT2D eigenvalue weighted by Gasteiger charge is -2.15. The number of hydrogen-bond donors (Lipinski definition) is 2. The number of aliphatic hydroxyl groups is 1. The van der Waals surface area contributed by atoms with Crippen molar-refractivity contribution in [2.75, 3.05) is 17.7 Å². The lowest BCUT2D eigenvalue weighted by Crippen LogP contribution is -2.24. The Balaban J connectivity index is 2.56. The van der Waals surface area contributed by atoms with Crippen LogP contribution in [0.1, 0.15) is 19.4 Å². The minimum absolute atomic E-state index is 0.115. The standard InChI is InChI=1S/C14H20FNO2S/c1-9(7-17)8-19-11(3)14(18)16-13-6-12(15)5-4-10(13)2/h4-6,9,11,17H,7-8H2,1-3H3,(H,16,18)/t9-,11-/m0/s1. The maximum Gasteiger partial charge on any atom is 0.237 e. The van der Waals surface area contributed by atoms with Crippen LogP contribution >= 0.6 is 11.8 Å². The predicted molar refractivity (Wildman–Crippen MR) is 77.9 cm³/mol. The number of carbonyl (C=O) groups excluding carboxylic acids is 1. The Morgan fingerprint density at radius 1 is 1.47 bits per heavy atom. The molecule has 0 bridgehead atoms. The van der Waals surface area contributed by atoms with Crippen molar-refractivity contribution in [3.05, 3.63) is 29.6 Å². The Kier molecular flexibility index (Phi) is 6.31. The molecule has 0 aliphatic carbocycles. The zero-order valence-corrected chi connectivity index (χ0v) is 12.3. The van der Waals surface area contributed by atoms with Gasteiger partial charge in [-0.1, -0.05) is 13.0 Å². The van der Waals surface area contributed by atoms with Crippen LogP contribution in [0.2, 0.25) is 0 Å². The normalized spacial score (nSPS) is 13.9. The molecule has 3 nitrogen and oxygen atoms in total. The molecule has 1 aromatic rings. The van der Waals surface area contributed by atoms with Crippen LogP contribution in [0.25, 0.3) is 0 Å². The number of rotatable bonds is 6. The van der Waals surface area contributed by atoms with Crippen molar-refractivity contribution in [2.45, 2.75) is 26.0 Å². The monoisotopic (exact) mass is 285 g/mol. The Hall–Kier alpha value is -1.07. The van der Waals surface area contributed by atoms with Gasteiger partial charge in [0.1, 0.15) is 5.82 Å².